The van der Waals surface area contributed by atoms with Crippen LogP contribution >= 0.6 is 0 Å². The van der Waals surface area contributed by atoms with Crippen LogP contribution in [0.3, 0.4) is 0 Å². The Labute approximate surface area is 158 Å². The number of nitrogens with zero attached hydrogens (tertiary/aromatic N) is 1. The van der Waals surface area contributed by atoms with Crippen molar-refractivity contribution in [1.82, 2.24) is 10.2 Å². The molecule has 3 rings (SSSR count). The number of carbonyl (C=O) groups is 1. The van der Waals surface area contributed by atoms with E-state index in [1.807, 2.05) is 25.7 Å². The Morgan fingerprint density at radius 3 is 2.12 bits per heavy atom. The van der Waals surface area contributed by atoms with Crippen LogP contribution in [0.15, 0.2) is 0 Å². The lowest BCUT2D eigenvalue weighted by Gasteiger charge is -2.47. The molecule has 150 valence electrons. The van der Waals surface area contributed by atoms with E-state index >= 15 is 0 Å². The molecule has 2 N–H and O–H groups in total. The maximum Gasteiger partial charge on any atom is 0.410 e. The van der Waals surface area contributed by atoms with E-state index in [-0.39, 0.29) is 12.2 Å². The fourth-order valence-corrected chi connectivity index (χ4v) is 5.15. The molecule has 1 aliphatic carbocycles. The van der Waals surface area contributed by atoms with Crippen LogP contribution in [-0.4, -0.2) is 54.0 Å². The summed E-state index contributed by atoms with van der Waals surface area (Å²) in [5.41, 5.74) is -0.0299. The summed E-state index contributed by atoms with van der Waals surface area (Å²) < 4.78 is 5.52. The van der Waals surface area contributed by atoms with Crippen molar-refractivity contribution < 1.29 is 14.6 Å². The second kappa shape index (κ2) is 8.05. The number of aliphatic hydroxyl groups excluding tert-OH is 1. The molecule has 1 saturated carbocycles. The van der Waals surface area contributed by atoms with Crippen LogP contribution in [0.4, 0.5) is 4.79 Å². The van der Waals surface area contributed by atoms with Gasteiger partial charge in [0.25, 0.3) is 0 Å². The lowest BCUT2D eigenvalue weighted by molar-refractivity contribution is -0.0232. The van der Waals surface area contributed by atoms with Crippen LogP contribution in [0.1, 0.15) is 72.1 Å². The van der Waals surface area contributed by atoms with E-state index in [4.69, 9.17) is 4.74 Å². The minimum absolute atomic E-state index is 0.115. The van der Waals surface area contributed by atoms with E-state index in [9.17, 15) is 9.90 Å². The molecule has 1 unspecified atom stereocenters. The number of hydrogen-bond donors (Lipinski definition) is 2. The summed E-state index contributed by atoms with van der Waals surface area (Å²) >= 11 is 0. The Kier molecular flexibility index (Phi) is 6.18. The number of piperidine rings is 2. The van der Waals surface area contributed by atoms with Gasteiger partial charge in [0.2, 0.25) is 0 Å². The first-order valence-electron chi connectivity index (χ1n) is 10.6. The van der Waals surface area contributed by atoms with Gasteiger partial charge in [0.05, 0.1) is 6.10 Å². The molecule has 5 heteroatoms. The van der Waals surface area contributed by atoms with Crippen molar-refractivity contribution in [3.05, 3.63) is 0 Å². The van der Waals surface area contributed by atoms with Gasteiger partial charge in [-0.15, -0.1) is 0 Å². The number of nitrogens with one attached hydrogen (secondary N) is 1. The quantitative estimate of drug-likeness (QED) is 0.784. The van der Waals surface area contributed by atoms with Gasteiger partial charge in [-0.05, 0) is 102 Å². The number of amides is 1. The molecule has 26 heavy (non-hydrogen) atoms. The van der Waals surface area contributed by atoms with Crippen molar-refractivity contribution in [2.45, 2.75) is 83.8 Å². The summed E-state index contributed by atoms with van der Waals surface area (Å²) in [6.07, 6.45) is 8.85. The van der Waals surface area contributed by atoms with Gasteiger partial charge in [0.1, 0.15) is 5.60 Å². The summed E-state index contributed by atoms with van der Waals surface area (Å²) in [7, 11) is 0. The van der Waals surface area contributed by atoms with Crippen LogP contribution in [0.2, 0.25) is 0 Å². The van der Waals surface area contributed by atoms with Crippen LogP contribution in [0.5, 0.6) is 0 Å². The van der Waals surface area contributed by atoms with E-state index in [1.54, 1.807) is 0 Å². The average molecular weight is 367 g/mol. The third kappa shape index (κ3) is 4.92. The van der Waals surface area contributed by atoms with Gasteiger partial charge in [-0.3, -0.25) is 0 Å². The second-order valence-corrected chi connectivity index (χ2v) is 9.88. The molecule has 3 aliphatic rings. The van der Waals surface area contributed by atoms with E-state index in [1.165, 1.54) is 12.8 Å². The zero-order chi connectivity index (χ0) is 18.8. The minimum atomic E-state index is -0.422. The highest BCUT2D eigenvalue weighted by Gasteiger charge is 2.42. The second-order valence-electron chi connectivity index (χ2n) is 9.88. The fraction of sp³-hybridized carbons (Fsp3) is 0.952. The molecule has 2 aliphatic heterocycles. The molecule has 2 heterocycles. The van der Waals surface area contributed by atoms with Gasteiger partial charge in [-0.1, -0.05) is 0 Å². The van der Waals surface area contributed by atoms with Gasteiger partial charge < -0.3 is 20.1 Å². The Hall–Kier alpha value is -0.810. The normalized spacial score (nSPS) is 26.7. The van der Waals surface area contributed by atoms with Gasteiger partial charge in [0.15, 0.2) is 0 Å². The van der Waals surface area contributed by atoms with Crippen LogP contribution < -0.4 is 5.32 Å². The van der Waals surface area contributed by atoms with E-state index in [0.29, 0.717) is 17.3 Å². The zero-order valence-corrected chi connectivity index (χ0v) is 16.9. The standard InChI is InChI=1S/C21H38N2O3/c1-20(2,3)26-19(25)23-14-10-21(11-15-23)8-4-16(5-9-21)18(24)17-6-12-22-13-7-17/h16-18,22,24H,4-15H2,1-3H3. The number of rotatable bonds is 2. The number of likely N-dealkylation sites (tertiary alicyclic amines) is 1. The molecular formula is C21H38N2O3. The molecule has 0 aromatic rings. The van der Waals surface area contributed by atoms with Gasteiger partial charge >= 0.3 is 6.09 Å². The SMILES string of the molecule is CC(C)(C)OC(=O)N1CCC2(CCC(C(O)C3CCNCC3)CC2)CC1. The van der Waals surface area contributed by atoms with Gasteiger partial charge in [-0.25, -0.2) is 4.79 Å². The maximum absolute atomic E-state index is 12.3. The fourth-order valence-electron chi connectivity index (χ4n) is 5.15. The molecule has 3 fully saturated rings. The molecule has 0 bridgehead atoms. The highest BCUT2D eigenvalue weighted by atomic mass is 16.6. The summed E-state index contributed by atoms with van der Waals surface area (Å²) in [5.74, 6) is 0.969. The third-order valence-electron chi connectivity index (χ3n) is 6.92. The molecule has 0 aromatic carbocycles. The highest BCUT2D eigenvalue weighted by molar-refractivity contribution is 5.68. The molecule has 1 atom stereocenters. The Morgan fingerprint density at radius 1 is 1.04 bits per heavy atom. The van der Waals surface area contributed by atoms with Crippen LogP contribution in [0, 0.1) is 17.3 Å². The van der Waals surface area contributed by atoms with Crippen molar-refractivity contribution in [2.24, 2.45) is 17.3 Å². The number of carbonyl (C=O) groups excluding carboxylic acids is 1. The summed E-state index contributed by atoms with van der Waals surface area (Å²) in [5, 5.41) is 14.2. The Morgan fingerprint density at radius 2 is 1.58 bits per heavy atom. The monoisotopic (exact) mass is 366 g/mol. The lowest BCUT2D eigenvalue weighted by Crippen LogP contribution is -2.47. The van der Waals surface area contributed by atoms with E-state index in [0.717, 1.165) is 64.7 Å². The van der Waals surface area contributed by atoms with Crippen molar-refractivity contribution >= 4 is 6.09 Å². The third-order valence-corrected chi connectivity index (χ3v) is 6.92. The smallest absolute Gasteiger partial charge is 0.410 e. The van der Waals surface area contributed by atoms with Crippen LogP contribution in [0.25, 0.3) is 0 Å². The Balaban J connectivity index is 1.45. The average Bonchev–Trinajstić information content (AvgIpc) is 2.62. The molecule has 1 spiro atoms. The van der Waals surface area contributed by atoms with Gasteiger partial charge in [-0.2, -0.15) is 0 Å². The molecule has 2 saturated heterocycles. The van der Waals surface area contributed by atoms with E-state index < -0.39 is 5.60 Å². The molecule has 5 nitrogen and oxygen atoms in total. The number of hydrogen-bond acceptors (Lipinski definition) is 4. The largest absolute Gasteiger partial charge is 0.444 e. The topological polar surface area (TPSA) is 61.8 Å². The first-order chi connectivity index (χ1) is 12.3. The van der Waals surface area contributed by atoms with Gasteiger partial charge in [0, 0.05) is 13.1 Å². The molecule has 0 aromatic heterocycles. The van der Waals surface area contributed by atoms with Crippen molar-refractivity contribution in [1.29, 1.82) is 0 Å². The lowest BCUT2D eigenvalue weighted by atomic mass is 9.63. The predicted molar refractivity (Wildman–Crippen MR) is 103 cm³/mol. The number of aliphatic hydroxyl groups is 1. The Bertz CT molecular complexity index is 464. The van der Waals surface area contributed by atoms with Crippen molar-refractivity contribution in [3.63, 3.8) is 0 Å². The minimum Gasteiger partial charge on any atom is -0.444 e. The summed E-state index contributed by atoms with van der Waals surface area (Å²) in [6.45, 7) is 9.51. The van der Waals surface area contributed by atoms with Crippen molar-refractivity contribution in [3.8, 4) is 0 Å². The van der Waals surface area contributed by atoms with Crippen molar-refractivity contribution in [2.75, 3.05) is 26.2 Å². The summed E-state index contributed by atoms with van der Waals surface area (Å²) in [6, 6.07) is 0. The maximum atomic E-state index is 12.3. The molecule has 1 amide bonds. The van der Waals surface area contributed by atoms with E-state index in [2.05, 4.69) is 5.32 Å². The highest BCUT2D eigenvalue weighted by Crippen LogP contribution is 2.48. The summed E-state index contributed by atoms with van der Waals surface area (Å²) in [4.78, 5) is 14.1. The van der Waals surface area contributed by atoms with Crippen LogP contribution in [-0.2, 0) is 4.74 Å². The first-order valence-corrected chi connectivity index (χ1v) is 10.6. The predicted octanol–water partition coefficient (Wildman–Crippen LogP) is 3.55. The zero-order valence-electron chi connectivity index (χ0n) is 16.9. The first kappa shape index (κ1) is 19.9. The number of ether oxygens (including phenoxy) is 1. The molecular weight excluding hydrogens is 328 g/mol. The molecule has 0 radical (unpaired) electrons.